The van der Waals surface area contributed by atoms with Gasteiger partial charge in [0.25, 0.3) is 5.91 Å². The Morgan fingerprint density at radius 3 is 2.43 bits per heavy atom. The molecular weight excluding hydrogens is 374 g/mol. The summed E-state index contributed by atoms with van der Waals surface area (Å²) in [5.41, 5.74) is 2.63. The molecule has 0 aliphatic carbocycles. The lowest BCUT2D eigenvalue weighted by Crippen LogP contribution is -2.26. The largest absolute Gasteiger partial charge is 0.321 e. The number of amides is 2. The van der Waals surface area contributed by atoms with Crippen molar-refractivity contribution in [3.05, 3.63) is 35.7 Å². The zero-order valence-electron chi connectivity index (χ0n) is 17.0. The van der Waals surface area contributed by atoms with Crippen LogP contribution in [0.2, 0.25) is 0 Å². The van der Waals surface area contributed by atoms with Crippen LogP contribution in [-0.2, 0) is 10.3 Å². The average Bonchev–Trinajstić information content (AvgIpc) is 3.17. The lowest BCUT2D eigenvalue weighted by Gasteiger charge is -2.23. The molecule has 1 aromatic carbocycles. The van der Waals surface area contributed by atoms with Gasteiger partial charge in [-0.05, 0) is 51.0 Å². The molecule has 28 heavy (non-hydrogen) atoms. The van der Waals surface area contributed by atoms with E-state index in [0.29, 0.717) is 16.5 Å². The van der Waals surface area contributed by atoms with Crippen molar-refractivity contribution in [2.75, 3.05) is 10.6 Å². The first-order valence-corrected chi connectivity index (χ1v) is 9.96. The highest BCUT2D eigenvalue weighted by Gasteiger charge is 2.23. The van der Waals surface area contributed by atoms with E-state index in [1.54, 1.807) is 6.07 Å². The Bertz CT molecular complexity index is 1040. The number of nitrogens with zero attached hydrogens (tertiary/aromatic N) is 3. The highest BCUT2D eigenvalue weighted by atomic mass is 32.1. The summed E-state index contributed by atoms with van der Waals surface area (Å²) in [6, 6.07) is 7.31. The number of aromatic nitrogens is 3. The van der Waals surface area contributed by atoms with E-state index in [0.717, 1.165) is 15.9 Å². The van der Waals surface area contributed by atoms with Gasteiger partial charge in [-0.1, -0.05) is 25.2 Å². The molecule has 0 atom stereocenters. The molecule has 148 valence electrons. The van der Waals surface area contributed by atoms with E-state index in [4.69, 9.17) is 0 Å². The quantitative estimate of drug-likeness (QED) is 0.672. The molecule has 7 nitrogen and oxygen atoms in total. The summed E-state index contributed by atoms with van der Waals surface area (Å²) >= 11 is 1.36. The van der Waals surface area contributed by atoms with Gasteiger partial charge in [0.2, 0.25) is 5.91 Å². The minimum atomic E-state index is -0.254. The van der Waals surface area contributed by atoms with Crippen LogP contribution in [0.4, 0.5) is 10.8 Å². The lowest BCUT2D eigenvalue weighted by atomic mass is 10.1. The average molecular weight is 400 g/mol. The Labute approximate surface area is 168 Å². The summed E-state index contributed by atoms with van der Waals surface area (Å²) in [6.07, 6.45) is 0. The van der Waals surface area contributed by atoms with E-state index in [1.165, 1.54) is 18.3 Å². The Morgan fingerprint density at radius 2 is 1.86 bits per heavy atom. The Hall–Kier alpha value is -2.74. The molecule has 3 aromatic rings. The molecule has 0 spiro atoms. The molecular formula is C20H25N5O2S. The van der Waals surface area contributed by atoms with Crippen molar-refractivity contribution < 1.29 is 9.59 Å². The first-order chi connectivity index (χ1) is 13.0. The van der Waals surface area contributed by atoms with Gasteiger partial charge in [0, 0.05) is 18.3 Å². The molecule has 2 amide bonds. The SMILES string of the molecule is CC(=O)Nc1nc2ccc(NC(=O)c3cc(C(C)C)n(C(C)(C)C)n3)cc2s1. The fraction of sp³-hybridized carbons (Fsp3) is 0.400. The van der Waals surface area contributed by atoms with Gasteiger partial charge in [-0.15, -0.1) is 0 Å². The molecule has 0 aliphatic heterocycles. The lowest BCUT2D eigenvalue weighted by molar-refractivity contribution is -0.114. The molecule has 0 unspecified atom stereocenters. The molecule has 0 fully saturated rings. The van der Waals surface area contributed by atoms with E-state index in [-0.39, 0.29) is 23.3 Å². The fourth-order valence-electron chi connectivity index (χ4n) is 2.86. The zero-order valence-corrected chi connectivity index (χ0v) is 17.8. The highest BCUT2D eigenvalue weighted by Crippen LogP contribution is 2.29. The number of benzene rings is 1. The Balaban J connectivity index is 1.85. The second-order valence-electron chi connectivity index (χ2n) is 8.03. The maximum atomic E-state index is 12.8. The van der Waals surface area contributed by atoms with Crippen LogP contribution in [-0.4, -0.2) is 26.6 Å². The second-order valence-corrected chi connectivity index (χ2v) is 9.06. The van der Waals surface area contributed by atoms with Crippen LogP contribution in [0.1, 0.15) is 63.6 Å². The van der Waals surface area contributed by atoms with Gasteiger partial charge in [-0.2, -0.15) is 5.10 Å². The summed E-state index contributed by atoms with van der Waals surface area (Å²) in [6.45, 7) is 11.8. The molecule has 0 aliphatic rings. The van der Waals surface area contributed by atoms with Crippen molar-refractivity contribution in [1.82, 2.24) is 14.8 Å². The van der Waals surface area contributed by atoms with Crippen molar-refractivity contribution in [3.63, 3.8) is 0 Å². The minimum absolute atomic E-state index is 0.164. The minimum Gasteiger partial charge on any atom is -0.321 e. The number of carbonyl (C=O) groups excluding carboxylic acids is 2. The van der Waals surface area contributed by atoms with Gasteiger partial charge in [-0.25, -0.2) is 4.98 Å². The van der Waals surface area contributed by atoms with Crippen LogP contribution in [0.5, 0.6) is 0 Å². The molecule has 0 bridgehead atoms. The van der Waals surface area contributed by atoms with E-state index in [9.17, 15) is 9.59 Å². The summed E-state index contributed by atoms with van der Waals surface area (Å²) in [5.74, 6) is -0.159. The highest BCUT2D eigenvalue weighted by molar-refractivity contribution is 7.22. The van der Waals surface area contributed by atoms with Gasteiger partial charge >= 0.3 is 0 Å². The standard InChI is InChI=1S/C20H25N5O2S/c1-11(2)16-10-15(24-25(16)20(4,5)6)18(27)22-13-7-8-14-17(9-13)28-19(23-14)21-12(3)26/h7-11H,1-6H3,(H,22,27)(H,21,23,26). The number of anilines is 2. The summed E-state index contributed by atoms with van der Waals surface area (Å²) in [4.78, 5) is 28.3. The molecule has 0 radical (unpaired) electrons. The van der Waals surface area contributed by atoms with Crippen LogP contribution in [0.3, 0.4) is 0 Å². The van der Waals surface area contributed by atoms with Crippen LogP contribution >= 0.6 is 11.3 Å². The van der Waals surface area contributed by atoms with E-state index in [1.807, 2.05) is 22.9 Å². The number of hydrogen-bond donors (Lipinski definition) is 2. The predicted octanol–water partition coefficient (Wildman–Crippen LogP) is 4.58. The molecule has 2 heterocycles. The van der Waals surface area contributed by atoms with Crippen molar-refractivity contribution in [3.8, 4) is 0 Å². The molecule has 2 aromatic heterocycles. The van der Waals surface area contributed by atoms with Crippen molar-refractivity contribution >= 4 is 44.2 Å². The van der Waals surface area contributed by atoms with E-state index >= 15 is 0 Å². The number of hydrogen-bond acceptors (Lipinski definition) is 5. The van der Waals surface area contributed by atoms with Gasteiger partial charge in [0.1, 0.15) is 0 Å². The molecule has 3 rings (SSSR count). The summed E-state index contributed by atoms with van der Waals surface area (Å²) in [5, 5.41) is 10.7. The van der Waals surface area contributed by atoms with Crippen molar-refractivity contribution in [2.24, 2.45) is 0 Å². The van der Waals surface area contributed by atoms with Gasteiger partial charge in [0.15, 0.2) is 10.8 Å². The third-order valence-corrected chi connectivity index (χ3v) is 5.06. The molecule has 8 heteroatoms. The monoisotopic (exact) mass is 399 g/mol. The van der Waals surface area contributed by atoms with Crippen LogP contribution in [0, 0.1) is 0 Å². The second kappa shape index (κ2) is 7.35. The number of thiazole rings is 1. The van der Waals surface area contributed by atoms with Gasteiger partial charge in [-0.3, -0.25) is 14.3 Å². The molecule has 0 saturated heterocycles. The smallest absolute Gasteiger partial charge is 0.276 e. The summed E-state index contributed by atoms with van der Waals surface area (Å²) in [7, 11) is 0. The fourth-order valence-corrected chi connectivity index (χ4v) is 3.81. The number of nitrogens with one attached hydrogen (secondary N) is 2. The van der Waals surface area contributed by atoms with Crippen LogP contribution in [0.15, 0.2) is 24.3 Å². The maximum Gasteiger partial charge on any atom is 0.276 e. The summed E-state index contributed by atoms with van der Waals surface area (Å²) < 4.78 is 2.79. The molecule has 2 N–H and O–H groups in total. The molecule has 0 saturated carbocycles. The Morgan fingerprint density at radius 1 is 1.14 bits per heavy atom. The third kappa shape index (κ3) is 4.22. The zero-order chi connectivity index (χ0) is 20.6. The van der Waals surface area contributed by atoms with Crippen LogP contribution < -0.4 is 10.6 Å². The first kappa shape index (κ1) is 20.0. The topological polar surface area (TPSA) is 88.9 Å². The van der Waals surface area contributed by atoms with Gasteiger partial charge < -0.3 is 10.6 Å². The van der Waals surface area contributed by atoms with E-state index in [2.05, 4.69) is 55.3 Å². The Kier molecular flexibility index (Phi) is 5.25. The van der Waals surface area contributed by atoms with Crippen molar-refractivity contribution in [1.29, 1.82) is 0 Å². The van der Waals surface area contributed by atoms with Crippen molar-refractivity contribution in [2.45, 2.75) is 53.0 Å². The maximum absolute atomic E-state index is 12.8. The first-order valence-electron chi connectivity index (χ1n) is 9.14. The number of carbonyl (C=O) groups is 2. The number of fused-ring (bicyclic) bond motifs is 1. The van der Waals surface area contributed by atoms with E-state index < -0.39 is 0 Å². The normalized spacial score (nSPS) is 11.8. The number of rotatable bonds is 4. The predicted molar refractivity (Wildman–Crippen MR) is 113 cm³/mol. The third-order valence-electron chi connectivity index (χ3n) is 4.13. The van der Waals surface area contributed by atoms with Crippen LogP contribution in [0.25, 0.3) is 10.2 Å². The van der Waals surface area contributed by atoms with Gasteiger partial charge in [0.05, 0.1) is 15.8 Å².